The van der Waals surface area contributed by atoms with Gasteiger partial charge in [-0.2, -0.15) is 10.1 Å². The molecule has 0 aromatic carbocycles. The van der Waals surface area contributed by atoms with E-state index in [2.05, 4.69) is 33.5 Å². The summed E-state index contributed by atoms with van der Waals surface area (Å²) in [6.07, 6.45) is 0.983. The molecule has 0 radical (unpaired) electrons. The van der Waals surface area contributed by atoms with E-state index in [1.807, 2.05) is 41.2 Å². The van der Waals surface area contributed by atoms with Gasteiger partial charge in [-0.15, -0.1) is 5.10 Å². The van der Waals surface area contributed by atoms with Crippen LogP contribution in [-0.2, 0) is 6.54 Å². The van der Waals surface area contributed by atoms with Crippen molar-refractivity contribution in [2.45, 2.75) is 33.7 Å². The maximum Gasteiger partial charge on any atom is 0.243 e. The Morgan fingerprint density at radius 1 is 1.10 bits per heavy atom. The van der Waals surface area contributed by atoms with E-state index < -0.39 is 0 Å². The van der Waals surface area contributed by atoms with E-state index in [1.165, 1.54) is 5.69 Å². The summed E-state index contributed by atoms with van der Waals surface area (Å²) in [5, 5.41) is 12.2. The summed E-state index contributed by atoms with van der Waals surface area (Å²) in [5.41, 5.74) is 4.22. The van der Waals surface area contributed by atoms with Crippen molar-refractivity contribution in [3.8, 4) is 0 Å². The highest BCUT2D eigenvalue weighted by molar-refractivity contribution is 5.44. The van der Waals surface area contributed by atoms with Crippen molar-refractivity contribution in [1.29, 1.82) is 0 Å². The molecule has 0 saturated carbocycles. The fraction of sp³-hybridized carbons (Fsp3) is 0.400. The molecule has 3 heterocycles. The van der Waals surface area contributed by atoms with Gasteiger partial charge in [-0.05, 0) is 45.4 Å². The molecule has 0 aliphatic rings. The highest BCUT2D eigenvalue weighted by atomic mass is 15.4. The standard InChI is InChI=1S/C15H20N6/c1-11-10-13(3)20(18-11)9-5-8-16-15-17-14-7-4-6-12(2)21(14)19-15/h4,6-7,10H,5,8-9H2,1-3H3,(H,16,19). The van der Waals surface area contributed by atoms with Crippen LogP contribution in [-0.4, -0.2) is 30.9 Å². The minimum atomic E-state index is 0.678. The van der Waals surface area contributed by atoms with E-state index >= 15 is 0 Å². The number of nitrogens with zero attached hydrogens (tertiary/aromatic N) is 5. The Labute approximate surface area is 123 Å². The van der Waals surface area contributed by atoms with Gasteiger partial charge in [-0.25, -0.2) is 4.52 Å². The summed E-state index contributed by atoms with van der Waals surface area (Å²) in [4.78, 5) is 4.46. The van der Waals surface area contributed by atoms with Gasteiger partial charge in [0.05, 0.1) is 5.69 Å². The SMILES string of the molecule is Cc1cc(C)n(CCCNc2nc3cccc(C)n3n2)n1. The number of hydrogen-bond acceptors (Lipinski definition) is 4. The lowest BCUT2D eigenvalue weighted by atomic mass is 10.4. The Balaban J connectivity index is 1.57. The first-order chi connectivity index (χ1) is 10.1. The fourth-order valence-electron chi connectivity index (χ4n) is 2.44. The van der Waals surface area contributed by atoms with Crippen molar-refractivity contribution in [3.05, 3.63) is 41.3 Å². The van der Waals surface area contributed by atoms with Crippen LogP contribution in [0.3, 0.4) is 0 Å². The number of aromatic nitrogens is 5. The van der Waals surface area contributed by atoms with Gasteiger partial charge in [0.25, 0.3) is 0 Å². The molecule has 0 fully saturated rings. The number of fused-ring (bicyclic) bond motifs is 1. The first-order valence-corrected chi connectivity index (χ1v) is 7.21. The van der Waals surface area contributed by atoms with Crippen LogP contribution in [0.2, 0.25) is 0 Å². The summed E-state index contributed by atoms with van der Waals surface area (Å²) in [6, 6.07) is 8.07. The minimum absolute atomic E-state index is 0.678. The Morgan fingerprint density at radius 2 is 1.95 bits per heavy atom. The Kier molecular flexibility index (Phi) is 3.60. The van der Waals surface area contributed by atoms with Crippen molar-refractivity contribution in [3.63, 3.8) is 0 Å². The van der Waals surface area contributed by atoms with Crippen LogP contribution in [0.4, 0.5) is 5.95 Å². The highest BCUT2D eigenvalue weighted by Crippen LogP contribution is 2.08. The third kappa shape index (κ3) is 2.89. The molecule has 0 saturated heterocycles. The zero-order valence-corrected chi connectivity index (χ0v) is 12.7. The molecular weight excluding hydrogens is 264 g/mol. The fourth-order valence-corrected chi connectivity index (χ4v) is 2.44. The smallest absolute Gasteiger partial charge is 0.243 e. The maximum atomic E-state index is 4.46. The molecule has 6 nitrogen and oxygen atoms in total. The van der Waals surface area contributed by atoms with E-state index in [0.29, 0.717) is 5.95 Å². The first-order valence-electron chi connectivity index (χ1n) is 7.21. The second-order valence-electron chi connectivity index (χ2n) is 5.30. The van der Waals surface area contributed by atoms with Gasteiger partial charge in [0, 0.05) is 24.5 Å². The third-order valence-corrected chi connectivity index (χ3v) is 3.48. The van der Waals surface area contributed by atoms with Crippen LogP contribution in [0.15, 0.2) is 24.3 Å². The molecule has 1 N–H and O–H groups in total. The maximum absolute atomic E-state index is 4.46. The van der Waals surface area contributed by atoms with Crippen LogP contribution in [0.25, 0.3) is 5.65 Å². The van der Waals surface area contributed by atoms with Gasteiger partial charge in [-0.1, -0.05) is 6.07 Å². The summed E-state index contributed by atoms with van der Waals surface area (Å²) >= 11 is 0. The van der Waals surface area contributed by atoms with Gasteiger partial charge in [0.2, 0.25) is 5.95 Å². The van der Waals surface area contributed by atoms with Crippen molar-refractivity contribution >= 4 is 11.6 Å². The molecule has 3 aromatic heterocycles. The summed E-state index contributed by atoms with van der Waals surface area (Å²) in [6.45, 7) is 7.85. The van der Waals surface area contributed by atoms with E-state index in [4.69, 9.17) is 0 Å². The molecule has 110 valence electrons. The quantitative estimate of drug-likeness (QED) is 0.731. The van der Waals surface area contributed by atoms with Gasteiger partial charge < -0.3 is 5.32 Å². The predicted octanol–water partition coefficient (Wildman–Crippen LogP) is 2.35. The molecule has 3 rings (SSSR count). The van der Waals surface area contributed by atoms with Crippen LogP contribution in [0, 0.1) is 20.8 Å². The highest BCUT2D eigenvalue weighted by Gasteiger charge is 2.04. The monoisotopic (exact) mass is 284 g/mol. The zero-order chi connectivity index (χ0) is 14.8. The molecule has 0 atom stereocenters. The number of nitrogens with one attached hydrogen (secondary N) is 1. The average molecular weight is 284 g/mol. The zero-order valence-electron chi connectivity index (χ0n) is 12.7. The lowest BCUT2D eigenvalue weighted by Crippen LogP contribution is -2.09. The van der Waals surface area contributed by atoms with E-state index in [-0.39, 0.29) is 0 Å². The lowest BCUT2D eigenvalue weighted by molar-refractivity contribution is 0.573. The molecule has 21 heavy (non-hydrogen) atoms. The van der Waals surface area contributed by atoms with E-state index in [0.717, 1.165) is 36.5 Å². The topological polar surface area (TPSA) is 60.0 Å². The summed E-state index contributed by atoms with van der Waals surface area (Å²) < 4.78 is 3.89. The van der Waals surface area contributed by atoms with Gasteiger partial charge >= 0.3 is 0 Å². The molecule has 0 amide bonds. The largest absolute Gasteiger partial charge is 0.353 e. The molecular formula is C15H20N6. The van der Waals surface area contributed by atoms with Gasteiger partial charge in [0.15, 0.2) is 5.65 Å². The Hall–Kier alpha value is -2.37. The number of pyridine rings is 1. The Morgan fingerprint density at radius 3 is 2.67 bits per heavy atom. The number of rotatable bonds is 5. The molecule has 0 aliphatic heterocycles. The summed E-state index contributed by atoms with van der Waals surface area (Å²) in [5.74, 6) is 0.678. The average Bonchev–Trinajstić information content (AvgIpc) is 2.99. The van der Waals surface area contributed by atoms with E-state index in [1.54, 1.807) is 0 Å². The van der Waals surface area contributed by atoms with Crippen molar-refractivity contribution in [2.75, 3.05) is 11.9 Å². The second-order valence-corrected chi connectivity index (χ2v) is 5.30. The minimum Gasteiger partial charge on any atom is -0.353 e. The lowest BCUT2D eigenvalue weighted by Gasteiger charge is -2.04. The molecule has 6 heteroatoms. The molecule has 0 unspecified atom stereocenters. The normalized spacial score (nSPS) is 11.2. The van der Waals surface area contributed by atoms with Crippen LogP contribution < -0.4 is 5.32 Å². The number of anilines is 1. The molecule has 0 aliphatic carbocycles. The van der Waals surface area contributed by atoms with Gasteiger partial charge in [-0.3, -0.25) is 4.68 Å². The molecule has 0 bridgehead atoms. The first kappa shape index (κ1) is 13.6. The third-order valence-electron chi connectivity index (χ3n) is 3.48. The van der Waals surface area contributed by atoms with Crippen LogP contribution in [0.5, 0.6) is 0 Å². The van der Waals surface area contributed by atoms with Gasteiger partial charge in [0.1, 0.15) is 0 Å². The van der Waals surface area contributed by atoms with Crippen molar-refractivity contribution < 1.29 is 0 Å². The summed E-state index contributed by atoms with van der Waals surface area (Å²) in [7, 11) is 0. The number of aryl methyl sites for hydroxylation is 4. The van der Waals surface area contributed by atoms with Crippen molar-refractivity contribution in [2.24, 2.45) is 0 Å². The predicted molar refractivity (Wildman–Crippen MR) is 82.5 cm³/mol. The van der Waals surface area contributed by atoms with E-state index in [9.17, 15) is 0 Å². The number of hydrogen-bond donors (Lipinski definition) is 1. The second kappa shape index (κ2) is 5.55. The van der Waals surface area contributed by atoms with Crippen LogP contribution in [0.1, 0.15) is 23.5 Å². The van der Waals surface area contributed by atoms with Crippen molar-refractivity contribution in [1.82, 2.24) is 24.4 Å². The van der Waals surface area contributed by atoms with Crippen LogP contribution >= 0.6 is 0 Å². The molecule has 0 spiro atoms. The Bertz CT molecular complexity index is 755. The molecule has 3 aromatic rings.